The number of hydrogen-bond acceptors (Lipinski definition) is 6. The molecule has 1 aromatic rings. The number of aromatic nitrogens is 2. The fourth-order valence-electron chi connectivity index (χ4n) is 1.43. The molecule has 114 valence electrons. The van der Waals surface area contributed by atoms with Crippen LogP contribution in [0.4, 0.5) is 10.8 Å². The summed E-state index contributed by atoms with van der Waals surface area (Å²) < 4.78 is 5.48. The Kier molecular flexibility index (Phi) is 6.78. The summed E-state index contributed by atoms with van der Waals surface area (Å²) in [7, 11) is 3.38. The van der Waals surface area contributed by atoms with Crippen molar-refractivity contribution in [1.82, 2.24) is 25.7 Å². The van der Waals surface area contributed by atoms with Crippen LogP contribution in [-0.4, -0.2) is 54.9 Å². The zero-order valence-corrected chi connectivity index (χ0v) is 12.6. The summed E-state index contributed by atoms with van der Waals surface area (Å²) in [6.07, 6.45) is 1.05. The fourth-order valence-corrected chi connectivity index (χ4v) is 1.43. The van der Waals surface area contributed by atoms with Gasteiger partial charge in [0.2, 0.25) is 5.89 Å². The van der Waals surface area contributed by atoms with E-state index >= 15 is 0 Å². The molecule has 1 rings (SSSR count). The van der Waals surface area contributed by atoms with Gasteiger partial charge >= 0.3 is 12.0 Å². The molecule has 0 aromatic carbocycles. The standard InChI is InChI=1S/C12H24N6O2/c1-5-6-13-9(2)10-16-17-11(20-10)14-7-8-15-12(19)18(3)4/h9,13H,5-8H2,1-4H3,(H,14,17)(H,15,19). The SMILES string of the molecule is CCCNC(C)c1nnc(NCCNC(=O)N(C)C)o1. The molecule has 1 unspecified atom stereocenters. The molecule has 20 heavy (non-hydrogen) atoms. The van der Waals surface area contributed by atoms with Crippen molar-refractivity contribution >= 4 is 12.0 Å². The highest BCUT2D eigenvalue weighted by molar-refractivity contribution is 5.73. The average Bonchev–Trinajstić information content (AvgIpc) is 2.89. The number of nitrogens with zero attached hydrogens (tertiary/aromatic N) is 3. The summed E-state index contributed by atoms with van der Waals surface area (Å²) in [6.45, 7) is 5.99. The average molecular weight is 284 g/mol. The first-order valence-corrected chi connectivity index (χ1v) is 6.80. The number of carbonyl (C=O) groups excluding carboxylic acids is 1. The van der Waals surface area contributed by atoms with E-state index in [9.17, 15) is 4.79 Å². The molecular formula is C12H24N6O2. The van der Waals surface area contributed by atoms with E-state index in [0.29, 0.717) is 25.0 Å². The van der Waals surface area contributed by atoms with Gasteiger partial charge in [0.1, 0.15) is 0 Å². The number of urea groups is 1. The van der Waals surface area contributed by atoms with E-state index in [1.54, 1.807) is 14.1 Å². The number of carbonyl (C=O) groups is 1. The topological polar surface area (TPSA) is 95.3 Å². The van der Waals surface area contributed by atoms with Gasteiger partial charge in [-0.15, -0.1) is 5.10 Å². The molecule has 0 aliphatic heterocycles. The lowest BCUT2D eigenvalue weighted by Gasteiger charge is -2.11. The maximum Gasteiger partial charge on any atom is 0.316 e. The maximum atomic E-state index is 11.3. The zero-order valence-electron chi connectivity index (χ0n) is 12.6. The van der Waals surface area contributed by atoms with Crippen LogP contribution in [0.5, 0.6) is 0 Å². The third kappa shape index (κ3) is 5.43. The number of nitrogens with one attached hydrogen (secondary N) is 3. The van der Waals surface area contributed by atoms with Crippen LogP contribution in [0.15, 0.2) is 4.42 Å². The monoisotopic (exact) mass is 284 g/mol. The van der Waals surface area contributed by atoms with Crippen molar-refractivity contribution in [3.05, 3.63) is 5.89 Å². The Morgan fingerprint density at radius 2 is 2.05 bits per heavy atom. The van der Waals surface area contributed by atoms with Crippen molar-refractivity contribution in [2.24, 2.45) is 0 Å². The molecule has 1 heterocycles. The lowest BCUT2D eigenvalue weighted by atomic mass is 10.3. The van der Waals surface area contributed by atoms with Gasteiger partial charge < -0.3 is 25.3 Å². The van der Waals surface area contributed by atoms with Crippen LogP contribution >= 0.6 is 0 Å². The molecule has 0 bridgehead atoms. The molecule has 0 fully saturated rings. The molecular weight excluding hydrogens is 260 g/mol. The smallest absolute Gasteiger partial charge is 0.316 e. The maximum absolute atomic E-state index is 11.3. The molecule has 3 N–H and O–H groups in total. The van der Waals surface area contributed by atoms with Crippen LogP contribution < -0.4 is 16.0 Å². The molecule has 0 aliphatic carbocycles. The Bertz CT molecular complexity index is 406. The first kappa shape index (κ1) is 16.2. The summed E-state index contributed by atoms with van der Waals surface area (Å²) in [4.78, 5) is 12.8. The quantitative estimate of drug-likeness (QED) is 0.612. The summed E-state index contributed by atoms with van der Waals surface area (Å²) in [5, 5.41) is 16.9. The van der Waals surface area contributed by atoms with Gasteiger partial charge in [-0.25, -0.2) is 4.79 Å². The molecule has 0 radical (unpaired) electrons. The van der Waals surface area contributed by atoms with Crippen LogP contribution in [0.2, 0.25) is 0 Å². The van der Waals surface area contributed by atoms with Gasteiger partial charge in [-0.05, 0) is 19.9 Å². The summed E-state index contributed by atoms with van der Waals surface area (Å²) in [5.41, 5.74) is 0. The van der Waals surface area contributed by atoms with Crippen molar-refractivity contribution in [3.63, 3.8) is 0 Å². The zero-order chi connectivity index (χ0) is 15.0. The number of amides is 2. The van der Waals surface area contributed by atoms with Crippen molar-refractivity contribution in [2.45, 2.75) is 26.3 Å². The molecule has 1 aromatic heterocycles. The Morgan fingerprint density at radius 3 is 2.70 bits per heavy atom. The minimum absolute atomic E-state index is 0.0337. The lowest BCUT2D eigenvalue weighted by Crippen LogP contribution is -2.37. The highest BCUT2D eigenvalue weighted by Gasteiger charge is 2.12. The van der Waals surface area contributed by atoms with Crippen LogP contribution in [0, 0.1) is 0 Å². The van der Waals surface area contributed by atoms with E-state index in [0.717, 1.165) is 13.0 Å². The highest BCUT2D eigenvalue weighted by atomic mass is 16.4. The lowest BCUT2D eigenvalue weighted by molar-refractivity contribution is 0.218. The number of hydrogen-bond donors (Lipinski definition) is 3. The fraction of sp³-hybridized carbons (Fsp3) is 0.750. The van der Waals surface area contributed by atoms with Crippen molar-refractivity contribution in [3.8, 4) is 0 Å². The molecule has 0 saturated heterocycles. The molecule has 0 aliphatic rings. The Labute approximate surface area is 119 Å². The van der Waals surface area contributed by atoms with Crippen LogP contribution in [0.3, 0.4) is 0 Å². The minimum Gasteiger partial charge on any atom is -0.406 e. The van der Waals surface area contributed by atoms with Crippen molar-refractivity contribution < 1.29 is 9.21 Å². The van der Waals surface area contributed by atoms with Gasteiger partial charge in [0.05, 0.1) is 6.04 Å². The highest BCUT2D eigenvalue weighted by Crippen LogP contribution is 2.12. The second-order valence-corrected chi connectivity index (χ2v) is 4.67. The van der Waals surface area contributed by atoms with E-state index < -0.39 is 0 Å². The summed E-state index contributed by atoms with van der Waals surface area (Å²) >= 11 is 0. The molecule has 2 amide bonds. The van der Waals surface area contributed by atoms with Gasteiger partial charge in [0, 0.05) is 27.2 Å². The largest absolute Gasteiger partial charge is 0.406 e. The van der Waals surface area contributed by atoms with E-state index in [1.807, 2.05) is 6.92 Å². The Hall–Kier alpha value is -1.83. The normalized spacial score (nSPS) is 12.0. The van der Waals surface area contributed by atoms with Gasteiger partial charge in [-0.1, -0.05) is 12.0 Å². The van der Waals surface area contributed by atoms with Gasteiger partial charge in [0.15, 0.2) is 0 Å². The Morgan fingerprint density at radius 1 is 1.30 bits per heavy atom. The Balaban J connectivity index is 2.28. The summed E-state index contributed by atoms with van der Waals surface area (Å²) in [6, 6.07) is 0.270. The van der Waals surface area contributed by atoms with E-state index in [-0.39, 0.29) is 12.1 Å². The third-order valence-corrected chi connectivity index (χ3v) is 2.60. The number of anilines is 1. The van der Waals surface area contributed by atoms with E-state index in [4.69, 9.17) is 4.42 Å². The van der Waals surface area contributed by atoms with E-state index in [2.05, 4.69) is 33.1 Å². The molecule has 0 saturated carbocycles. The molecule has 0 spiro atoms. The van der Waals surface area contributed by atoms with Crippen LogP contribution in [0.1, 0.15) is 32.2 Å². The van der Waals surface area contributed by atoms with Gasteiger partial charge in [-0.2, -0.15) is 0 Å². The molecule has 8 nitrogen and oxygen atoms in total. The predicted molar refractivity (Wildman–Crippen MR) is 76.6 cm³/mol. The van der Waals surface area contributed by atoms with E-state index in [1.165, 1.54) is 4.90 Å². The van der Waals surface area contributed by atoms with Crippen molar-refractivity contribution in [2.75, 3.05) is 39.0 Å². The first-order valence-electron chi connectivity index (χ1n) is 6.80. The molecule has 1 atom stereocenters. The van der Waals surface area contributed by atoms with Gasteiger partial charge in [-0.3, -0.25) is 0 Å². The van der Waals surface area contributed by atoms with Crippen molar-refractivity contribution in [1.29, 1.82) is 0 Å². The van der Waals surface area contributed by atoms with Crippen LogP contribution in [0.25, 0.3) is 0 Å². The van der Waals surface area contributed by atoms with Crippen LogP contribution in [-0.2, 0) is 0 Å². The second kappa shape index (κ2) is 8.36. The third-order valence-electron chi connectivity index (χ3n) is 2.60. The number of rotatable bonds is 8. The summed E-state index contributed by atoms with van der Waals surface area (Å²) in [5.74, 6) is 0.554. The van der Waals surface area contributed by atoms with Gasteiger partial charge in [0.25, 0.3) is 0 Å². The first-order chi connectivity index (χ1) is 9.54. The minimum atomic E-state index is -0.129. The predicted octanol–water partition coefficient (Wildman–Crippen LogP) is 0.813. The second-order valence-electron chi connectivity index (χ2n) is 4.67. The molecule has 8 heteroatoms.